The van der Waals surface area contributed by atoms with Crippen LogP contribution in [0.25, 0.3) is 0 Å². The summed E-state index contributed by atoms with van der Waals surface area (Å²) in [6.07, 6.45) is 4.97. The molecule has 6 atom stereocenters. The van der Waals surface area contributed by atoms with Crippen molar-refractivity contribution in [2.24, 2.45) is 28.7 Å². The van der Waals surface area contributed by atoms with Crippen molar-refractivity contribution in [2.45, 2.75) is 83.4 Å². The van der Waals surface area contributed by atoms with E-state index in [4.69, 9.17) is 20.8 Å². The van der Waals surface area contributed by atoms with Crippen molar-refractivity contribution in [3.05, 3.63) is 0 Å². The summed E-state index contributed by atoms with van der Waals surface area (Å²) in [5.41, 5.74) is 11.6. The molecule has 3 aliphatic carbocycles. The average Bonchev–Trinajstić information content (AvgIpc) is 2.96. The highest BCUT2D eigenvalue weighted by atomic mass is 16.7. The van der Waals surface area contributed by atoms with Gasteiger partial charge in [-0.15, -0.1) is 0 Å². The smallest absolute Gasteiger partial charge is 0.405 e. The average molecular weight is 365 g/mol. The minimum atomic E-state index is -0.465. The lowest BCUT2D eigenvalue weighted by atomic mass is 9.43. The molecular formula is C19H36BN3O3. The van der Waals surface area contributed by atoms with Crippen molar-refractivity contribution < 1.29 is 14.1 Å². The molecule has 2 bridgehead atoms. The molecule has 0 unspecified atom stereocenters. The molecule has 26 heavy (non-hydrogen) atoms. The van der Waals surface area contributed by atoms with Gasteiger partial charge >= 0.3 is 7.12 Å². The minimum Gasteiger partial charge on any atom is -0.405 e. The van der Waals surface area contributed by atoms with Crippen molar-refractivity contribution in [2.75, 3.05) is 13.1 Å². The highest BCUT2D eigenvalue weighted by molar-refractivity contribution is 6.47. The Kier molecular flexibility index (Phi) is 5.74. The molecule has 0 aromatic carbocycles. The lowest BCUT2D eigenvalue weighted by molar-refractivity contribution is -0.199. The van der Waals surface area contributed by atoms with Gasteiger partial charge in [0.25, 0.3) is 0 Å². The van der Waals surface area contributed by atoms with Gasteiger partial charge in [0.1, 0.15) is 0 Å². The second-order valence-corrected chi connectivity index (χ2v) is 9.45. The van der Waals surface area contributed by atoms with Crippen molar-refractivity contribution in [3.8, 4) is 0 Å². The van der Waals surface area contributed by atoms with Gasteiger partial charge in [0.15, 0.2) is 0 Å². The van der Waals surface area contributed by atoms with E-state index in [1.807, 2.05) is 0 Å². The fourth-order valence-electron chi connectivity index (χ4n) is 5.27. The predicted molar refractivity (Wildman–Crippen MR) is 103 cm³/mol. The van der Waals surface area contributed by atoms with E-state index in [1.54, 1.807) is 0 Å². The summed E-state index contributed by atoms with van der Waals surface area (Å²) >= 11 is 0. The molecule has 4 aliphatic rings. The van der Waals surface area contributed by atoms with Gasteiger partial charge in [-0.3, -0.25) is 4.79 Å². The van der Waals surface area contributed by atoms with Crippen LogP contribution in [0.1, 0.15) is 59.8 Å². The van der Waals surface area contributed by atoms with Gasteiger partial charge in [0, 0.05) is 12.4 Å². The fraction of sp³-hybridized carbons (Fsp3) is 0.947. The van der Waals surface area contributed by atoms with Crippen molar-refractivity contribution >= 4 is 13.0 Å². The molecule has 0 aromatic rings. The lowest BCUT2D eigenvalue weighted by Gasteiger charge is -2.64. The van der Waals surface area contributed by atoms with Crippen LogP contribution in [0.5, 0.6) is 0 Å². The molecule has 1 amide bonds. The molecule has 1 aliphatic heterocycles. The second kappa shape index (κ2) is 7.42. The molecule has 3 saturated carbocycles. The SMILES string of the molecule is C[C@H](CNC(=O)[C@@H](N)CCCCN)B1O[C@H]2C[C@H]3C[C@H](C3(C)C)[C@@]2(C)O1. The lowest BCUT2D eigenvalue weighted by Crippen LogP contribution is -2.65. The van der Waals surface area contributed by atoms with Gasteiger partial charge in [-0.2, -0.15) is 0 Å². The zero-order chi connectivity index (χ0) is 19.1. The fourth-order valence-corrected chi connectivity index (χ4v) is 5.27. The van der Waals surface area contributed by atoms with Gasteiger partial charge in [0.05, 0.1) is 17.7 Å². The number of carbonyl (C=O) groups excluding carboxylic acids is 1. The first-order valence-electron chi connectivity index (χ1n) is 10.3. The van der Waals surface area contributed by atoms with Crippen LogP contribution in [0.3, 0.4) is 0 Å². The topological polar surface area (TPSA) is 99.6 Å². The molecule has 1 heterocycles. The van der Waals surface area contributed by atoms with Gasteiger partial charge in [0.2, 0.25) is 5.91 Å². The summed E-state index contributed by atoms with van der Waals surface area (Å²) in [4.78, 5) is 12.2. The van der Waals surface area contributed by atoms with E-state index in [1.165, 1.54) is 6.42 Å². The molecular weight excluding hydrogens is 329 g/mol. The van der Waals surface area contributed by atoms with Crippen molar-refractivity contribution in [1.29, 1.82) is 0 Å². The Morgan fingerprint density at radius 2 is 2.04 bits per heavy atom. The Labute approximate surface area is 158 Å². The number of amides is 1. The Bertz CT molecular complexity index is 532. The standard InChI is InChI=1S/C19H36BN3O3/c1-12(11-23-17(24)14(22)7-5-6-8-21)20-25-16-10-13-9-15(18(13,2)3)19(16,4)26-20/h12-16H,5-11,21-22H2,1-4H3,(H,23,24)/t12-,13-,14+,15-,16+,19-/m1/s1. The third-order valence-corrected chi connectivity index (χ3v) is 7.34. The summed E-state index contributed by atoms with van der Waals surface area (Å²) in [7, 11) is -0.256. The maximum absolute atomic E-state index is 12.2. The van der Waals surface area contributed by atoms with Gasteiger partial charge in [-0.05, 0) is 56.4 Å². The van der Waals surface area contributed by atoms with Gasteiger partial charge < -0.3 is 26.1 Å². The van der Waals surface area contributed by atoms with Crippen LogP contribution in [-0.4, -0.2) is 43.9 Å². The molecule has 7 heteroatoms. The number of hydrogen-bond donors (Lipinski definition) is 3. The number of unbranched alkanes of at least 4 members (excludes halogenated alkanes) is 1. The molecule has 0 aromatic heterocycles. The van der Waals surface area contributed by atoms with Crippen LogP contribution in [0.2, 0.25) is 5.82 Å². The largest absolute Gasteiger partial charge is 0.462 e. The predicted octanol–water partition coefficient (Wildman–Crippen LogP) is 1.68. The first kappa shape index (κ1) is 20.1. The van der Waals surface area contributed by atoms with Crippen LogP contribution < -0.4 is 16.8 Å². The van der Waals surface area contributed by atoms with E-state index in [0.717, 1.165) is 25.2 Å². The molecule has 4 rings (SSSR count). The molecule has 5 N–H and O–H groups in total. The van der Waals surface area contributed by atoms with Crippen molar-refractivity contribution in [3.63, 3.8) is 0 Å². The highest BCUT2D eigenvalue weighted by Gasteiger charge is 2.68. The number of nitrogens with two attached hydrogens (primary N) is 2. The van der Waals surface area contributed by atoms with E-state index in [2.05, 4.69) is 33.0 Å². The molecule has 4 fully saturated rings. The summed E-state index contributed by atoms with van der Waals surface area (Å²) in [5.74, 6) is 1.30. The van der Waals surface area contributed by atoms with E-state index in [0.29, 0.717) is 30.8 Å². The minimum absolute atomic E-state index is 0.0953. The number of carbonyl (C=O) groups is 1. The van der Waals surface area contributed by atoms with E-state index in [-0.39, 0.29) is 30.5 Å². The van der Waals surface area contributed by atoms with E-state index in [9.17, 15) is 4.79 Å². The Hall–Kier alpha value is -0.625. The van der Waals surface area contributed by atoms with Crippen LogP contribution in [-0.2, 0) is 14.1 Å². The number of nitrogens with one attached hydrogen (secondary N) is 1. The highest BCUT2D eigenvalue weighted by Crippen LogP contribution is 2.66. The van der Waals surface area contributed by atoms with E-state index >= 15 is 0 Å². The maximum atomic E-state index is 12.2. The first-order chi connectivity index (χ1) is 12.2. The number of rotatable bonds is 8. The van der Waals surface area contributed by atoms with Crippen LogP contribution >= 0.6 is 0 Å². The first-order valence-corrected chi connectivity index (χ1v) is 10.3. The van der Waals surface area contributed by atoms with Crippen LogP contribution in [0.4, 0.5) is 0 Å². The molecule has 6 nitrogen and oxygen atoms in total. The van der Waals surface area contributed by atoms with Gasteiger partial charge in [-0.25, -0.2) is 0 Å². The van der Waals surface area contributed by atoms with Gasteiger partial charge in [-0.1, -0.05) is 27.2 Å². The Balaban J connectivity index is 1.48. The monoisotopic (exact) mass is 365 g/mol. The van der Waals surface area contributed by atoms with Crippen molar-refractivity contribution in [1.82, 2.24) is 5.32 Å². The summed E-state index contributed by atoms with van der Waals surface area (Å²) < 4.78 is 12.7. The summed E-state index contributed by atoms with van der Waals surface area (Å²) in [5, 5.41) is 2.96. The Morgan fingerprint density at radius 1 is 1.31 bits per heavy atom. The third kappa shape index (κ3) is 3.43. The summed E-state index contributed by atoms with van der Waals surface area (Å²) in [6, 6.07) is -0.465. The number of hydrogen-bond acceptors (Lipinski definition) is 5. The third-order valence-electron chi connectivity index (χ3n) is 7.34. The van der Waals surface area contributed by atoms with E-state index < -0.39 is 6.04 Å². The summed E-state index contributed by atoms with van der Waals surface area (Å²) in [6.45, 7) is 10.2. The molecule has 0 spiro atoms. The zero-order valence-corrected chi connectivity index (χ0v) is 16.8. The molecule has 1 saturated heterocycles. The quantitative estimate of drug-likeness (QED) is 0.449. The molecule has 148 valence electrons. The van der Waals surface area contributed by atoms with Crippen LogP contribution in [0.15, 0.2) is 0 Å². The Morgan fingerprint density at radius 3 is 2.69 bits per heavy atom. The maximum Gasteiger partial charge on any atom is 0.462 e. The zero-order valence-electron chi connectivity index (χ0n) is 16.8. The molecule has 0 radical (unpaired) electrons. The normalized spacial score (nSPS) is 36.8. The van der Waals surface area contributed by atoms with Crippen LogP contribution in [0, 0.1) is 17.3 Å². The second-order valence-electron chi connectivity index (χ2n) is 9.45.